The quantitative estimate of drug-likeness (QED) is 0.715. The lowest BCUT2D eigenvalue weighted by molar-refractivity contribution is -0.123. The molecular weight excluding hydrogens is 228 g/mol. The van der Waals surface area contributed by atoms with Crippen molar-refractivity contribution in [3.63, 3.8) is 0 Å². The molecule has 0 aromatic heterocycles. The number of hydrogen-bond donors (Lipinski definition) is 2. The third kappa shape index (κ3) is 2.38. The lowest BCUT2D eigenvalue weighted by Gasteiger charge is -2.50. The van der Waals surface area contributed by atoms with Crippen LogP contribution in [-0.4, -0.2) is 37.9 Å². The van der Waals surface area contributed by atoms with E-state index in [1.165, 1.54) is 6.92 Å². The number of nitrogens with one attached hydrogen (secondary N) is 1. The molecule has 1 saturated carbocycles. The van der Waals surface area contributed by atoms with Gasteiger partial charge in [0.25, 0.3) is 0 Å². The van der Waals surface area contributed by atoms with Crippen LogP contribution in [0.4, 0.5) is 0 Å². The summed E-state index contributed by atoms with van der Waals surface area (Å²) in [6, 6.07) is 0.0329. The van der Waals surface area contributed by atoms with Gasteiger partial charge in [-0.2, -0.15) is 0 Å². The Morgan fingerprint density at radius 3 is 2.31 bits per heavy atom. The lowest BCUT2D eigenvalue weighted by atomic mass is 9.63. The van der Waals surface area contributed by atoms with E-state index in [0.717, 1.165) is 6.26 Å². The molecule has 1 fully saturated rings. The van der Waals surface area contributed by atoms with E-state index < -0.39 is 21.0 Å². The van der Waals surface area contributed by atoms with Gasteiger partial charge >= 0.3 is 0 Å². The van der Waals surface area contributed by atoms with Crippen LogP contribution in [0.15, 0.2) is 0 Å². The summed E-state index contributed by atoms with van der Waals surface area (Å²) in [5.74, 6) is -0.438. The van der Waals surface area contributed by atoms with Gasteiger partial charge < -0.3 is 11.1 Å². The fourth-order valence-electron chi connectivity index (χ4n) is 1.69. The number of sulfone groups is 1. The number of amides is 1. The molecule has 0 aromatic rings. The standard InChI is InChI=1S/C10H20N2O3S/c1-6(16(4,14)15)9(13)12-8-5-7(11)10(8,2)3/h6-8H,5,11H2,1-4H3,(H,12,13). The first kappa shape index (κ1) is 13.4. The summed E-state index contributed by atoms with van der Waals surface area (Å²) in [5.41, 5.74) is 5.65. The Morgan fingerprint density at radius 2 is 2.00 bits per heavy atom. The largest absolute Gasteiger partial charge is 0.352 e. The van der Waals surface area contributed by atoms with Gasteiger partial charge in [-0.3, -0.25) is 4.79 Å². The predicted molar refractivity (Wildman–Crippen MR) is 62.6 cm³/mol. The number of rotatable bonds is 3. The highest BCUT2D eigenvalue weighted by molar-refractivity contribution is 7.92. The average Bonchev–Trinajstić information content (AvgIpc) is 2.14. The normalized spacial score (nSPS) is 30.3. The highest BCUT2D eigenvalue weighted by Crippen LogP contribution is 2.39. The van der Waals surface area contributed by atoms with Crippen molar-refractivity contribution in [3.8, 4) is 0 Å². The molecule has 3 atom stereocenters. The predicted octanol–water partition coefficient (Wildman–Crippen LogP) is -0.338. The maximum absolute atomic E-state index is 11.7. The van der Waals surface area contributed by atoms with Crippen molar-refractivity contribution < 1.29 is 13.2 Å². The molecular formula is C10H20N2O3S. The molecule has 1 aliphatic carbocycles. The first-order valence-electron chi connectivity index (χ1n) is 5.31. The Balaban J connectivity index is 2.61. The number of nitrogens with two attached hydrogens (primary N) is 1. The molecule has 16 heavy (non-hydrogen) atoms. The lowest BCUT2D eigenvalue weighted by Crippen LogP contribution is -2.65. The van der Waals surface area contributed by atoms with Gasteiger partial charge in [0.05, 0.1) is 0 Å². The van der Waals surface area contributed by atoms with Crippen LogP contribution in [-0.2, 0) is 14.6 Å². The Hall–Kier alpha value is -0.620. The summed E-state index contributed by atoms with van der Waals surface area (Å²) in [6.07, 6.45) is 1.77. The number of carbonyl (C=O) groups excluding carboxylic acids is 1. The fraction of sp³-hybridized carbons (Fsp3) is 0.900. The summed E-state index contributed by atoms with van der Waals surface area (Å²) in [6.45, 7) is 5.34. The van der Waals surface area contributed by atoms with E-state index >= 15 is 0 Å². The van der Waals surface area contributed by atoms with E-state index in [4.69, 9.17) is 5.73 Å². The molecule has 6 heteroatoms. The van der Waals surface area contributed by atoms with Crippen LogP contribution in [0.2, 0.25) is 0 Å². The smallest absolute Gasteiger partial charge is 0.238 e. The maximum Gasteiger partial charge on any atom is 0.238 e. The van der Waals surface area contributed by atoms with Crippen molar-refractivity contribution in [2.24, 2.45) is 11.1 Å². The summed E-state index contributed by atoms with van der Waals surface area (Å²) >= 11 is 0. The van der Waals surface area contributed by atoms with Crippen LogP contribution in [0.1, 0.15) is 27.2 Å². The molecule has 0 radical (unpaired) electrons. The Morgan fingerprint density at radius 1 is 1.50 bits per heavy atom. The topological polar surface area (TPSA) is 89.3 Å². The summed E-state index contributed by atoms with van der Waals surface area (Å²) in [7, 11) is -3.33. The van der Waals surface area contributed by atoms with Crippen molar-refractivity contribution in [2.75, 3.05) is 6.26 Å². The molecule has 0 aliphatic heterocycles. The van der Waals surface area contributed by atoms with Crippen molar-refractivity contribution in [3.05, 3.63) is 0 Å². The molecule has 0 bridgehead atoms. The summed E-state index contributed by atoms with van der Waals surface area (Å²) in [5, 5.41) is 1.75. The van der Waals surface area contributed by atoms with Gasteiger partial charge in [-0.1, -0.05) is 13.8 Å². The van der Waals surface area contributed by atoms with Crippen molar-refractivity contribution >= 4 is 15.7 Å². The summed E-state index contributed by atoms with van der Waals surface area (Å²) in [4.78, 5) is 11.7. The van der Waals surface area contributed by atoms with Crippen LogP contribution in [0, 0.1) is 5.41 Å². The minimum absolute atomic E-state index is 0.0285. The third-order valence-corrected chi connectivity index (χ3v) is 5.17. The van der Waals surface area contributed by atoms with Crippen LogP contribution < -0.4 is 11.1 Å². The SMILES string of the molecule is CC(C(=O)NC1CC(N)C1(C)C)S(C)(=O)=O. The van der Waals surface area contributed by atoms with Crippen molar-refractivity contribution in [2.45, 2.75) is 44.5 Å². The number of hydrogen-bond acceptors (Lipinski definition) is 4. The van der Waals surface area contributed by atoms with Gasteiger partial charge in [-0.15, -0.1) is 0 Å². The number of carbonyl (C=O) groups is 1. The molecule has 0 aromatic carbocycles. The van der Waals surface area contributed by atoms with Crippen molar-refractivity contribution in [1.82, 2.24) is 5.32 Å². The van der Waals surface area contributed by atoms with E-state index in [2.05, 4.69) is 5.32 Å². The van der Waals surface area contributed by atoms with Gasteiger partial charge in [0.1, 0.15) is 5.25 Å². The second-order valence-corrected chi connectivity index (χ2v) is 7.56. The molecule has 94 valence electrons. The van der Waals surface area contributed by atoms with Crippen LogP contribution in [0.5, 0.6) is 0 Å². The zero-order valence-corrected chi connectivity index (χ0v) is 11.0. The molecule has 0 saturated heterocycles. The van der Waals surface area contributed by atoms with E-state index in [-0.39, 0.29) is 17.5 Å². The first-order chi connectivity index (χ1) is 7.06. The molecule has 0 heterocycles. The molecule has 1 rings (SSSR count). The first-order valence-corrected chi connectivity index (χ1v) is 7.27. The zero-order valence-electron chi connectivity index (χ0n) is 10.1. The van der Waals surface area contributed by atoms with E-state index in [0.29, 0.717) is 6.42 Å². The van der Waals surface area contributed by atoms with E-state index in [9.17, 15) is 13.2 Å². The highest BCUT2D eigenvalue weighted by Gasteiger charge is 2.47. The molecule has 1 aliphatic rings. The van der Waals surface area contributed by atoms with Gasteiger partial charge in [-0.05, 0) is 13.3 Å². The van der Waals surface area contributed by atoms with Crippen LogP contribution >= 0.6 is 0 Å². The van der Waals surface area contributed by atoms with Gasteiger partial charge in [0.2, 0.25) is 5.91 Å². The fourth-order valence-corrected chi connectivity index (χ4v) is 2.14. The van der Waals surface area contributed by atoms with E-state index in [1.54, 1.807) is 0 Å². The minimum Gasteiger partial charge on any atom is -0.352 e. The van der Waals surface area contributed by atoms with Crippen LogP contribution in [0.3, 0.4) is 0 Å². The second-order valence-electron chi connectivity index (χ2n) is 5.20. The minimum atomic E-state index is -3.33. The monoisotopic (exact) mass is 248 g/mol. The van der Waals surface area contributed by atoms with Crippen molar-refractivity contribution in [1.29, 1.82) is 0 Å². The third-order valence-electron chi connectivity index (χ3n) is 3.67. The Bertz CT molecular complexity index is 389. The van der Waals surface area contributed by atoms with E-state index in [1.807, 2.05) is 13.8 Å². The Labute approximate surface area is 96.7 Å². The average molecular weight is 248 g/mol. The molecule has 1 amide bonds. The van der Waals surface area contributed by atoms with Gasteiger partial charge in [-0.25, -0.2) is 8.42 Å². The maximum atomic E-state index is 11.7. The highest BCUT2D eigenvalue weighted by atomic mass is 32.2. The van der Waals surface area contributed by atoms with Gasteiger partial charge in [0, 0.05) is 23.8 Å². The zero-order chi connectivity index (χ0) is 12.7. The van der Waals surface area contributed by atoms with Gasteiger partial charge in [0.15, 0.2) is 9.84 Å². The molecule has 0 spiro atoms. The summed E-state index contributed by atoms with van der Waals surface area (Å²) < 4.78 is 22.4. The van der Waals surface area contributed by atoms with Crippen LogP contribution in [0.25, 0.3) is 0 Å². The Kier molecular flexibility index (Phi) is 3.36. The molecule has 3 unspecified atom stereocenters. The second kappa shape index (κ2) is 4.00. The molecule has 5 nitrogen and oxygen atoms in total. The molecule has 3 N–H and O–H groups in total.